The average molecular weight is 283 g/mol. The van der Waals surface area contributed by atoms with Gasteiger partial charge in [-0.1, -0.05) is 6.92 Å². The third-order valence-corrected chi connectivity index (χ3v) is 3.79. The van der Waals surface area contributed by atoms with E-state index in [9.17, 15) is 9.59 Å². The smallest absolute Gasteiger partial charge is 0.408 e. The quantitative estimate of drug-likeness (QED) is 0.863. The Hall–Kier alpha value is -1.36. The second kappa shape index (κ2) is 5.74. The van der Waals surface area contributed by atoms with E-state index in [-0.39, 0.29) is 0 Å². The minimum absolute atomic E-state index is 0.586. The van der Waals surface area contributed by atoms with Crippen molar-refractivity contribution in [3.05, 3.63) is 21.9 Å². The van der Waals surface area contributed by atoms with Crippen LogP contribution >= 0.6 is 11.3 Å². The molecular weight excluding hydrogens is 262 g/mol. The average Bonchev–Trinajstić information content (AvgIpc) is 2.74. The molecule has 19 heavy (non-hydrogen) atoms. The third kappa shape index (κ3) is 4.06. The molecule has 0 spiro atoms. The number of rotatable bonds is 4. The molecule has 0 bridgehead atoms. The van der Waals surface area contributed by atoms with E-state index in [0.29, 0.717) is 0 Å². The van der Waals surface area contributed by atoms with Crippen LogP contribution in [0.4, 0.5) is 4.79 Å². The topological polar surface area (TPSA) is 55.4 Å². The molecule has 0 saturated carbocycles. The Morgan fingerprint density at radius 1 is 1.42 bits per heavy atom. The second-order valence-corrected chi connectivity index (χ2v) is 6.49. The fourth-order valence-electron chi connectivity index (χ4n) is 1.73. The van der Waals surface area contributed by atoms with Crippen molar-refractivity contribution in [3.63, 3.8) is 0 Å². The second-order valence-electron chi connectivity index (χ2n) is 5.58. The summed E-state index contributed by atoms with van der Waals surface area (Å²) in [6.45, 7) is 9.06. The van der Waals surface area contributed by atoms with Gasteiger partial charge in [-0.25, -0.2) is 4.79 Å². The van der Waals surface area contributed by atoms with E-state index in [1.807, 2.05) is 18.4 Å². The lowest BCUT2D eigenvalue weighted by Crippen LogP contribution is -2.46. The van der Waals surface area contributed by atoms with Crippen LogP contribution in [0.3, 0.4) is 0 Å². The summed E-state index contributed by atoms with van der Waals surface area (Å²) >= 11 is 1.46. The minimum Gasteiger partial charge on any atom is -0.444 e. The number of alkyl carbamates (subject to hydrolysis) is 1. The van der Waals surface area contributed by atoms with Crippen molar-refractivity contribution in [2.24, 2.45) is 0 Å². The van der Waals surface area contributed by atoms with Crippen LogP contribution in [0.15, 0.2) is 11.4 Å². The van der Waals surface area contributed by atoms with Crippen LogP contribution in [-0.2, 0) is 21.5 Å². The summed E-state index contributed by atoms with van der Waals surface area (Å²) in [6.07, 6.45) is 0.984. The first kappa shape index (κ1) is 15.7. The lowest BCUT2D eigenvalue weighted by atomic mass is 9.98. The first-order valence-corrected chi connectivity index (χ1v) is 7.14. The molecule has 1 atom stereocenters. The van der Waals surface area contributed by atoms with E-state index in [2.05, 4.69) is 5.32 Å². The predicted molar refractivity (Wildman–Crippen MR) is 76.5 cm³/mol. The van der Waals surface area contributed by atoms with Crippen molar-refractivity contribution in [2.75, 3.05) is 0 Å². The van der Waals surface area contributed by atoms with E-state index in [0.717, 1.165) is 23.1 Å². The molecule has 1 aromatic rings. The van der Waals surface area contributed by atoms with Gasteiger partial charge >= 0.3 is 6.09 Å². The maximum absolute atomic E-state index is 11.8. The maximum Gasteiger partial charge on any atom is 0.408 e. The van der Waals surface area contributed by atoms with Gasteiger partial charge in [0.1, 0.15) is 11.1 Å². The van der Waals surface area contributed by atoms with Gasteiger partial charge in [-0.3, -0.25) is 0 Å². The van der Waals surface area contributed by atoms with Crippen LogP contribution in [-0.4, -0.2) is 18.0 Å². The van der Waals surface area contributed by atoms with Crippen molar-refractivity contribution in [2.45, 2.75) is 52.2 Å². The molecular formula is C14H21NO3S. The van der Waals surface area contributed by atoms with Gasteiger partial charge < -0.3 is 14.8 Å². The first-order chi connectivity index (χ1) is 8.72. The number of carbonyl (C=O) groups excluding carboxylic acids is 2. The van der Waals surface area contributed by atoms with Crippen molar-refractivity contribution >= 4 is 23.7 Å². The molecule has 106 valence electrons. The molecule has 0 aliphatic heterocycles. The largest absolute Gasteiger partial charge is 0.444 e. The number of hydrogen-bond donors (Lipinski definition) is 1. The zero-order chi connectivity index (χ0) is 14.7. The fourth-order valence-corrected chi connectivity index (χ4v) is 2.80. The molecule has 4 nitrogen and oxygen atoms in total. The summed E-state index contributed by atoms with van der Waals surface area (Å²) in [5, 5.41) is 4.58. The molecule has 1 N–H and O–H groups in total. The predicted octanol–water partition coefficient (Wildman–Crippen LogP) is 3.25. The van der Waals surface area contributed by atoms with Crippen LogP contribution in [0.5, 0.6) is 0 Å². The fraction of sp³-hybridized carbons (Fsp3) is 0.571. The van der Waals surface area contributed by atoms with Gasteiger partial charge in [0.2, 0.25) is 0 Å². The lowest BCUT2D eigenvalue weighted by molar-refractivity contribution is -0.113. The monoisotopic (exact) mass is 283 g/mol. The molecule has 1 aromatic heterocycles. The SMILES string of the molecule is CCc1ccsc1C(C)(C=O)NC(=O)OC(C)(C)C. The third-order valence-electron chi connectivity index (χ3n) is 2.60. The number of aldehydes is 1. The highest BCUT2D eigenvalue weighted by atomic mass is 32.1. The lowest BCUT2D eigenvalue weighted by Gasteiger charge is -2.27. The Labute approximate surface area is 118 Å². The highest BCUT2D eigenvalue weighted by Crippen LogP contribution is 2.29. The van der Waals surface area contributed by atoms with Gasteiger partial charge in [0.25, 0.3) is 0 Å². The van der Waals surface area contributed by atoms with E-state index in [1.165, 1.54) is 11.3 Å². The van der Waals surface area contributed by atoms with Gasteiger partial charge in [-0.05, 0) is 51.1 Å². The number of aryl methyl sites for hydroxylation is 1. The Morgan fingerprint density at radius 3 is 2.53 bits per heavy atom. The molecule has 1 rings (SSSR count). The Balaban J connectivity index is 2.93. The number of thiophene rings is 1. The number of carbonyl (C=O) groups is 2. The molecule has 1 heterocycles. The number of ether oxygens (including phenoxy) is 1. The van der Waals surface area contributed by atoms with E-state index >= 15 is 0 Å². The van der Waals surface area contributed by atoms with Gasteiger partial charge in [-0.15, -0.1) is 11.3 Å². The molecule has 0 radical (unpaired) electrons. The Kier molecular flexibility index (Phi) is 4.74. The van der Waals surface area contributed by atoms with E-state index in [4.69, 9.17) is 4.74 Å². The standard InChI is InChI=1S/C14H21NO3S/c1-6-10-7-8-19-11(10)14(5,9-16)15-12(17)18-13(2,3)4/h7-9H,6H2,1-5H3,(H,15,17). The minimum atomic E-state index is -1.04. The van der Waals surface area contributed by atoms with E-state index in [1.54, 1.807) is 27.7 Å². The molecule has 5 heteroatoms. The molecule has 0 saturated heterocycles. The van der Waals surface area contributed by atoms with Crippen molar-refractivity contribution in [3.8, 4) is 0 Å². The summed E-state index contributed by atoms with van der Waals surface area (Å²) in [7, 11) is 0. The highest BCUT2D eigenvalue weighted by Gasteiger charge is 2.33. The van der Waals surface area contributed by atoms with Crippen LogP contribution in [0, 0.1) is 0 Å². The van der Waals surface area contributed by atoms with Crippen LogP contribution in [0.25, 0.3) is 0 Å². The number of nitrogens with one attached hydrogen (secondary N) is 1. The van der Waals surface area contributed by atoms with Crippen LogP contribution in [0.2, 0.25) is 0 Å². The van der Waals surface area contributed by atoms with Gasteiger partial charge in [0.15, 0.2) is 6.29 Å². The molecule has 0 aromatic carbocycles. The summed E-state index contributed by atoms with van der Waals surface area (Å²) in [5.41, 5.74) is -0.561. The maximum atomic E-state index is 11.8. The molecule has 1 unspecified atom stereocenters. The molecule has 0 fully saturated rings. The molecule has 0 aliphatic carbocycles. The van der Waals surface area contributed by atoms with Crippen LogP contribution < -0.4 is 5.32 Å². The number of hydrogen-bond acceptors (Lipinski definition) is 4. The zero-order valence-electron chi connectivity index (χ0n) is 12.1. The Bertz CT molecular complexity index is 462. The summed E-state index contributed by atoms with van der Waals surface area (Å²) in [4.78, 5) is 24.1. The van der Waals surface area contributed by atoms with Gasteiger partial charge in [-0.2, -0.15) is 0 Å². The summed E-state index contributed by atoms with van der Waals surface area (Å²) < 4.78 is 5.20. The van der Waals surface area contributed by atoms with Crippen molar-refractivity contribution in [1.29, 1.82) is 0 Å². The Morgan fingerprint density at radius 2 is 2.05 bits per heavy atom. The van der Waals surface area contributed by atoms with Crippen molar-refractivity contribution < 1.29 is 14.3 Å². The normalized spacial score (nSPS) is 14.6. The summed E-state index contributed by atoms with van der Waals surface area (Å²) in [5.74, 6) is 0. The van der Waals surface area contributed by atoms with Gasteiger partial charge in [0, 0.05) is 4.88 Å². The first-order valence-electron chi connectivity index (χ1n) is 6.26. The molecule has 0 aliphatic rings. The number of amides is 1. The zero-order valence-corrected chi connectivity index (χ0v) is 12.9. The van der Waals surface area contributed by atoms with Gasteiger partial charge in [0.05, 0.1) is 0 Å². The summed E-state index contributed by atoms with van der Waals surface area (Å²) in [6, 6.07) is 1.97. The van der Waals surface area contributed by atoms with E-state index < -0.39 is 17.2 Å². The highest BCUT2D eigenvalue weighted by molar-refractivity contribution is 7.10. The molecule has 1 amide bonds. The van der Waals surface area contributed by atoms with Crippen molar-refractivity contribution in [1.82, 2.24) is 5.32 Å². The van der Waals surface area contributed by atoms with Crippen LogP contribution in [0.1, 0.15) is 45.1 Å².